The van der Waals surface area contributed by atoms with Crippen molar-refractivity contribution in [3.05, 3.63) is 69.2 Å². The van der Waals surface area contributed by atoms with Crippen molar-refractivity contribution in [2.45, 2.75) is 24.4 Å². The van der Waals surface area contributed by atoms with Gasteiger partial charge in [-0.2, -0.15) is 0 Å². The largest absolute Gasteiger partial charge is 0.305 e. The van der Waals surface area contributed by atoms with Crippen LogP contribution in [0.2, 0.25) is 10.0 Å². The van der Waals surface area contributed by atoms with Crippen molar-refractivity contribution < 1.29 is 0 Å². The Morgan fingerprint density at radius 3 is 2.75 bits per heavy atom. The molecule has 0 saturated heterocycles. The van der Waals surface area contributed by atoms with Gasteiger partial charge in [-0.15, -0.1) is 11.6 Å². The van der Waals surface area contributed by atoms with E-state index in [9.17, 15) is 0 Å². The average molecular weight is 327 g/mol. The second kappa shape index (κ2) is 5.95. The Hall–Kier alpha value is -0.730. The number of halogens is 3. The van der Waals surface area contributed by atoms with Gasteiger partial charge in [0.05, 0.1) is 5.38 Å². The molecule has 0 saturated carbocycles. The highest BCUT2D eigenvalue weighted by molar-refractivity contribution is 6.33. The third-order valence-corrected chi connectivity index (χ3v) is 4.70. The number of fused-ring (bicyclic) bond motifs is 1. The van der Waals surface area contributed by atoms with Crippen LogP contribution in [0.5, 0.6) is 0 Å². The van der Waals surface area contributed by atoms with Crippen molar-refractivity contribution in [3.8, 4) is 0 Å². The number of nitrogens with one attached hydrogen (secondary N) is 1. The van der Waals surface area contributed by atoms with Crippen LogP contribution < -0.4 is 5.32 Å². The zero-order chi connectivity index (χ0) is 14.1. The number of rotatable bonds is 3. The molecule has 20 heavy (non-hydrogen) atoms. The Morgan fingerprint density at radius 2 is 1.90 bits per heavy atom. The van der Waals surface area contributed by atoms with Crippen LogP contribution in [0.3, 0.4) is 0 Å². The fourth-order valence-electron chi connectivity index (χ4n) is 2.68. The zero-order valence-electron chi connectivity index (χ0n) is 10.7. The fourth-order valence-corrected chi connectivity index (χ4v) is 3.45. The SMILES string of the molecule is Clc1ccc(Cl)c(CNC2c3ccccc3CC2Cl)c1. The molecular weight excluding hydrogens is 313 g/mol. The topological polar surface area (TPSA) is 12.0 Å². The van der Waals surface area contributed by atoms with Crippen LogP contribution in [-0.2, 0) is 13.0 Å². The van der Waals surface area contributed by atoms with Crippen molar-refractivity contribution >= 4 is 34.8 Å². The second-order valence-electron chi connectivity index (χ2n) is 5.01. The molecule has 3 rings (SSSR count). The van der Waals surface area contributed by atoms with Crippen molar-refractivity contribution in [1.82, 2.24) is 5.32 Å². The van der Waals surface area contributed by atoms with E-state index in [1.165, 1.54) is 11.1 Å². The molecule has 0 amide bonds. The Bertz CT molecular complexity index is 627. The molecule has 104 valence electrons. The fraction of sp³-hybridized carbons (Fsp3) is 0.250. The molecule has 1 aliphatic carbocycles. The van der Waals surface area contributed by atoms with Gasteiger partial charge in [0.25, 0.3) is 0 Å². The molecule has 2 aromatic carbocycles. The minimum absolute atomic E-state index is 0.0744. The minimum atomic E-state index is 0.0744. The van der Waals surface area contributed by atoms with E-state index in [2.05, 4.69) is 29.6 Å². The summed E-state index contributed by atoms with van der Waals surface area (Å²) in [7, 11) is 0. The first kappa shape index (κ1) is 14.2. The van der Waals surface area contributed by atoms with Crippen LogP contribution in [0.4, 0.5) is 0 Å². The van der Waals surface area contributed by atoms with E-state index in [1.807, 2.05) is 12.1 Å². The van der Waals surface area contributed by atoms with Gasteiger partial charge in [-0.05, 0) is 41.3 Å². The summed E-state index contributed by atoms with van der Waals surface area (Å²) in [5, 5.41) is 4.99. The van der Waals surface area contributed by atoms with E-state index in [4.69, 9.17) is 34.8 Å². The highest BCUT2D eigenvalue weighted by Gasteiger charge is 2.30. The van der Waals surface area contributed by atoms with E-state index in [0.717, 1.165) is 17.0 Å². The Morgan fingerprint density at radius 1 is 1.10 bits per heavy atom. The molecule has 1 N–H and O–H groups in total. The lowest BCUT2D eigenvalue weighted by Crippen LogP contribution is -2.25. The van der Waals surface area contributed by atoms with Gasteiger partial charge in [0.2, 0.25) is 0 Å². The zero-order valence-corrected chi connectivity index (χ0v) is 13.0. The van der Waals surface area contributed by atoms with Crippen LogP contribution in [0.1, 0.15) is 22.7 Å². The average Bonchev–Trinajstić information content (AvgIpc) is 2.75. The molecular formula is C16H14Cl3N. The quantitative estimate of drug-likeness (QED) is 0.784. The Kier molecular flexibility index (Phi) is 4.23. The summed E-state index contributed by atoms with van der Waals surface area (Å²) in [6, 6.07) is 14.0. The van der Waals surface area contributed by atoms with Crippen molar-refractivity contribution in [2.24, 2.45) is 0 Å². The lowest BCUT2D eigenvalue weighted by atomic mass is 10.1. The third-order valence-electron chi connectivity index (χ3n) is 3.69. The summed E-state index contributed by atoms with van der Waals surface area (Å²) in [6.45, 7) is 0.654. The molecule has 2 aromatic rings. The van der Waals surface area contributed by atoms with Crippen LogP contribution in [0.15, 0.2) is 42.5 Å². The standard InChI is InChI=1S/C16H14Cl3N/c17-12-5-6-14(18)11(7-12)9-20-16-13-4-2-1-3-10(13)8-15(16)19/h1-7,15-16,20H,8-9H2. The number of alkyl halides is 1. The molecule has 1 nitrogen and oxygen atoms in total. The summed E-state index contributed by atoms with van der Waals surface area (Å²) in [5.74, 6) is 0. The van der Waals surface area contributed by atoms with Gasteiger partial charge in [-0.1, -0.05) is 47.5 Å². The number of hydrogen-bond donors (Lipinski definition) is 1. The van der Waals surface area contributed by atoms with Gasteiger partial charge >= 0.3 is 0 Å². The Balaban J connectivity index is 1.77. The summed E-state index contributed by atoms with van der Waals surface area (Å²) < 4.78 is 0. The van der Waals surface area contributed by atoms with E-state index in [0.29, 0.717) is 11.6 Å². The first-order valence-corrected chi connectivity index (χ1v) is 7.73. The van der Waals surface area contributed by atoms with E-state index in [-0.39, 0.29) is 11.4 Å². The van der Waals surface area contributed by atoms with E-state index >= 15 is 0 Å². The first-order chi connectivity index (χ1) is 9.65. The van der Waals surface area contributed by atoms with Gasteiger partial charge in [-0.25, -0.2) is 0 Å². The highest BCUT2D eigenvalue weighted by Crippen LogP contribution is 2.35. The third kappa shape index (κ3) is 2.82. The Labute approximate surface area is 133 Å². The maximum atomic E-state index is 6.46. The van der Waals surface area contributed by atoms with E-state index in [1.54, 1.807) is 6.07 Å². The van der Waals surface area contributed by atoms with Crippen LogP contribution in [-0.4, -0.2) is 5.38 Å². The highest BCUT2D eigenvalue weighted by atomic mass is 35.5. The molecule has 0 bridgehead atoms. The number of hydrogen-bond acceptors (Lipinski definition) is 1. The minimum Gasteiger partial charge on any atom is -0.305 e. The maximum absolute atomic E-state index is 6.46. The smallest absolute Gasteiger partial charge is 0.0571 e. The molecule has 2 unspecified atom stereocenters. The normalized spacial score (nSPS) is 20.9. The molecule has 4 heteroatoms. The lowest BCUT2D eigenvalue weighted by molar-refractivity contribution is 0.536. The molecule has 0 spiro atoms. The summed E-state index contributed by atoms with van der Waals surface area (Å²) >= 11 is 18.7. The maximum Gasteiger partial charge on any atom is 0.0571 e. The molecule has 2 atom stereocenters. The summed E-state index contributed by atoms with van der Waals surface area (Å²) in [5.41, 5.74) is 3.60. The van der Waals surface area contributed by atoms with Gasteiger partial charge in [0.15, 0.2) is 0 Å². The second-order valence-corrected chi connectivity index (χ2v) is 6.42. The first-order valence-electron chi connectivity index (χ1n) is 6.54. The predicted octanol–water partition coefficient (Wildman–Crippen LogP) is 4.99. The number of benzene rings is 2. The lowest BCUT2D eigenvalue weighted by Gasteiger charge is -2.18. The van der Waals surface area contributed by atoms with E-state index < -0.39 is 0 Å². The van der Waals surface area contributed by atoms with Crippen molar-refractivity contribution in [2.75, 3.05) is 0 Å². The monoisotopic (exact) mass is 325 g/mol. The summed E-state index contributed by atoms with van der Waals surface area (Å²) in [6.07, 6.45) is 0.901. The van der Waals surface area contributed by atoms with Crippen LogP contribution >= 0.6 is 34.8 Å². The predicted molar refractivity (Wildman–Crippen MR) is 85.8 cm³/mol. The van der Waals surface area contributed by atoms with Crippen LogP contribution in [0.25, 0.3) is 0 Å². The van der Waals surface area contributed by atoms with Gasteiger partial charge < -0.3 is 5.32 Å². The molecule has 1 aliphatic rings. The van der Waals surface area contributed by atoms with Crippen molar-refractivity contribution in [3.63, 3.8) is 0 Å². The van der Waals surface area contributed by atoms with Gasteiger partial charge in [0.1, 0.15) is 0 Å². The summed E-state index contributed by atoms with van der Waals surface area (Å²) in [4.78, 5) is 0. The van der Waals surface area contributed by atoms with Crippen molar-refractivity contribution in [1.29, 1.82) is 0 Å². The van der Waals surface area contributed by atoms with Crippen LogP contribution in [0, 0.1) is 0 Å². The molecule has 0 heterocycles. The molecule has 0 aliphatic heterocycles. The molecule has 0 radical (unpaired) electrons. The molecule has 0 fully saturated rings. The van der Waals surface area contributed by atoms with Gasteiger partial charge in [0, 0.05) is 22.6 Å². The molecule has 0 aromatic heterocycles. The van der Waals surface area contributed by atoms with Gasteiger partial charge in [-0.3, -0.25) is 0 Å².